The van der Waals surface area contributed by atoms with Crippen LogP contribution in [-0.4, -0.2) is 36.4 Å². The van der Waals surface area contributed by atoms with E-state index in [9.17, 15) is 4.79 Å². The van der Waals surface area contributed by atoms with Gasteiger partial charge in [0.25, 0.3) is 0 Å². The van der Waals surface area contributed by atoms with Crippen molar-refractivity contribution in [1.82, 2.24) is 9.88 Å². The number of carbonyl (C=O) groups is 1. The summed E-state index contributed by atoms with van der Waals surface area (Å²) in [5, 5.41) is 11.6. The van der Waals surface area contributed by atoms with Crippen LogP contribution in [-0.2, 0) is 4.79 Å². The van der Waals surface area contributed by atoms with E-state index in [1.165, 1.54) is 0 Å². The fourth-order valence-electron chi connectivity index (χ4n) is 1.12. The maximum Gasteiger partial charge on any atom is 0.223 e. The zero-order valence-electron chi connectivity index (χ0n) is 9.40. The topological polar surface area (TPSA) is 69.0 Å². The number of hydrogen-bond acceptors (Lipinski definition) is 4. The van der Waals surface area contributed by atoms with Crippen molar-refractivity contribution in [3.05, 3.63) is 23.9 Å². The highest BCUT2D eigenvalue weighted by Crippen LogP contribution is 2.03. The van der Waals surface area contributed by atoms with Crippen LogP contribution in [0.25, 0.3) is 0 Å². The molecule has 0 saturated carbocycles. The van der Waals surface area contributed by atoms with Gasteiger partial charge >= 0.3 is 0 Å². The van der Waals surface area contributed by atoms with Gasteiger partial charge in [0, 0.05) is 27.1 Å². The predicted octanol–water partition coefficient (Wildman–Crippen LogP) is 0.843. The van der Waals surface area contributed by atoms with Crippen LogP contribution in [0.2, 0.25) is 0 Å². The molecule has 0 aliphatic rings. The lowest BCUT2D eigenvalue weighted by Gasteiger charge is -2.10. The smallest absolute Gasteiger partial charge is 0.223 e. The number of pyridine rings is 1. The molecule has 16 heavy (non-hydrogen) atoms. The predicted molar refractivity (Wildman–Crippen MR) is 60.8 cm³/mol. The number of nitrogens with one attached hydrogen (secondary N) is 1. The minimum atomic E-state index is 0.0592. The number of nitrogens with zero attached hydrogens (tertiary/aromatic N) is 3. The highest BCUT2D eigenvalue weighted by Gasteiger charge is 2.03. The molecule has 0 unspecified atom stereocenters. The lowest BCUT2D eigenvalue weighted by Crippen LogP contribution is -2.24. The molecule has 1 amide bonds. The Morgan fingerprint density at radius 3 is 2.94 bits per heavy atom. The quantitative estimate of drug-likeness (QED) is 0.813. The van der Waals surface area contributed by atoms with Gasteiger partial charge in [-0.2, -0.15) is 5.26 Å². The molecule has 0 radical (unpaired) electrons. The van der Waals surface area contributed by atoms with E-state index < -0.39 is 0 Å². The Hall–Kier alpha value is -2.09. The zero-order valence-corrected chi connectivity index (χ0v) is 9.40. The van der Waals surface area contributed by atoms with E-state index in [0.717, 1.165) is 0 Å². The van der Waals surface area contributed by atoms with Crippen LogP contribution < -0.4 is 5.32 Å². The van der Waals surface area contributed by atoms with E-state index in [1.807, 2.05) is 6.07 Å². The molecule has 5 heteroatoms. The van der Waals surface area contributed by atoms with Crippen molar-refractivity contribution in [2.45, 2.75) is 6.42 Å². The van der Waals surface area contributed by atoms with E-state index in [2.05, 4.69) is 10.3 Å². The molecule has 1 N–H and O–H groups in total. The maximum atomic E-state index is 11.3. The summed E-state index contributed by atoms with van der Waals surface area (Å²) < 4.78 is 0. The Bertz CT molecular complexity index is 409. The lowest BCUT2D eigenvalue weighted by atomic mass is 10.3. The third-order valence-electron chi connectivity index (χ3n) is 2.01. The highest BCUT2D eigenvalue weighted by atomic mass is 16.2. The van der Waals surface area contributed by atoms with Crippen LogP contribution in [0.1, 0.15) is 12.1 Å². The van der Waals surface area contributed by atoms with Crippen molar-refractivity contribution in [3.8, 4) is 6.07 Å². The lowest BCUT2D eigenvalue weighted by molar-refractivity contribution is -0.128. The standard InChI is InChI=1S/C11H14N4O/c1-15(2)11(16)6-7-13-10-5-3-4-9(8-12)14-10/h3-5H,6-7H2,1-2H3,(H,13,14). The van der Waals surface area contributed by atoms with Crippen molar-refractivity contribution >= 4 is 11.7 Å². The first-order valence-electron chi connectivity index (χ1n) is 4.94. The second-order valence-corrected chi connectivity index (χ2v) is 3.48. The average Bonchev–Trinajstić information content (AvgIpc) is 2.29. The number of carbonyl (C=O) groups excluding carboxylic acids is 1. The largest absolute Gasteiger partial charge is 0.370 e. The molecule has 0 atom stereocenters. The van der Waals surface area contributed by atoms with Gasteiger partial charge in [0.05, 0.1) is 0 Å². The first-order valence-corrected chi connectivity index (χ1v) is 4.94. The summed E-state index contributed by atoms with van der Waals surface area (Å²) in [6.45, 7) is 0.513. The molecular weight excluding hydrogens is 204 g/mol. The van der Waals surface area contributed by atoms with Gasteiger partial charge in [0.15, 0.2) is 0 Å². The number of aromatic nitrogens is 1. The van der Waals surface area contributed by atoms with Crippen molar-refractivity contribution in [1.29, 1.82) is 5.26 Å². The highest BCUT2D eigenvalue weighted by molar-refractivity contribution is 5.76. The van der Waals surface area contributed by atoms with E-state index >= 15 is 0 Å². The fourth-order valence-corrected chi connectivity index (χ4v) is 1.12. The molecular formula is C11H14N4O. The summed E-state index contributed by atoms with van der Waals surface area (Å²) in [5.74, 6) is 0.676. The summed E-state index contributed by atoms with van der Waals surface area (Å²) >= 11 is 0. The molecule has 0 fully saturated rings. The second-order valence-electron chi connectivity index (χ2n) is 3.48. The maximum absolute atomic E-state index is 11.3. The molecule has 1 aromatic rings. The summed E-state index contributed by atoms with van der Waals surface area (Å²) in [6.07, 6.45) is 0.408. The van der Waals surface area contributed by atoms with Gasteiger partial charge in [0.1, 0.15) is 17.6 Å². The molecule has 0 aliphatic carbocycles. The minimum absolute atomic E-state index is 0.0592. The molecule has 0 spiro atoms. The first kappa shape index (κ1) is 12.0. The zero-order chi connectivity index (χ0) is 12.0. The molecule has 1 rings (SSSR count). The van der Waals surface area contributed by atoms with Gasteiger partial charge in [-0.25, -0.2) is 4.98 Å². The summed E-state index contributed by atoms with van der Waals surface area (Å²) in [5.41, 5.74) is 0.365. The van der Waals surface area contributed by atoms with Crippen LogP contribution in [0.3, 0.4) is 0 Å². The molecule has 0 saturated heterocycles. The van der Waals surface area contributed by atoms with E-state index in [4.69, 9.17) is 5.26 Å². The van der Waals surface area contributed by atoms with Gasteiger partial charge in [-0.15, -0.1) is 0 Å². The molecule has 84 valence electrons. The number of anilines is 1. The third-order valence-corrected chi connectivity index (χ3v) is 2.01. The van der Waals surface area contributed by atoms with Crippen LogP contribution >= 0.6 is 0 Å². The van der Waals surface area contributed by atoms with Crippen LogP contribution in [0.4, 0.5) is 5.82 Å². The molecule has 0 aromatic carbocycles. The van der Waals surface area contributed by atoms with Gasteiger partial charge in [-0.1, -0.05) is 6.07 Å². The van der Waals surface area contributed by atoms with Gasteiger partial charge < -0.3 is 10.2 Å². The van der Waals surface area contributed by atoms with Crippen LogP contribution in [0, 0.1) is 11.3 Å². The van der Waals surface area contributed by atoms with Crippen molar-refractivity contribution < 1.29 is 4.79 Å². The van der Waals surface area contributed by atoms with Crippen molar-refractivity contribution in [2.24, 2.45) is 0 Å². The minimum Gasteiger partial charge on any atom is -0.370 e. The van der Waals surface area contributed by atoms with Gasteiger partial charge in [-0.3, -0.25) is 4.79 Å². The molecule has 0 bridgehead atoms. The molecule has 0 aliphatic heterocycles. The molecule has 1 heterocycles. The summed E-state index contributed by atoms with van der Waals surface area (Å²) in [7, 11) is 3.44. The van der Waals surface area contributed by atoms with Gasteiger partial charge in [-0.05, 0) is 12.1 Å². The van der Waals surface area contributed by atoms with Crippen LogP contribution in [0.15, 0.2) is 18.2 Å². The third kappa shape index (κ3) is 3.58. The van der Waals surface area contributed by atoms with Gasteiger partial charge in [0.2, 0.25) is 5.91 Å². The Kier molecular flexibility index (Phi) is 4.28. The van der Waals surface area contributed by atoms with E-state index in [0.29, 0.717) is 24.5 Å². The SMILES string of the molecule is CN(C)C(=O)CCNc1cccc(C#N)n1. The number of hydrogen-bond donors (Lipinski definition) is 1. The fraction of sp³-hybridized carbons (Fsp3) is 0.364. The first-order chi connectivity index (χ1) is 7.63. The Morgan fingerprint density at radius 2 is 2.31 bits per heavy atom. The summed E-state index contributed by atoms with van der Waals surface area (Å²) in [4.78, 5) is 16.8. The average molecular weight is 218 g/mol. The van der Waals surface area contributed by atoms with Crippen LogP contribution in [0.5, 0.6) is 0 Å². The number of nitriles is 1. The molecule has 5 nitrogen and oxygen atoms in total. The summed E-state index contributed by atoms with van der Waals surface area (Å²) in [6, 6.07) is 7.11. The van der Waals surface area contributed by atoms with Crippen molar-refractivity contribution in [2.75, 3.05) is 26.0 Å². The second kappa shape index (κ2) is 5.71. The van der Waals surface area contributed by atoms with Crippen molar-refractivity contribution in [3.63, 3.8) is 0 Å². The van der Waals surface area contributed by atoms with E-state index in [1.54, 1.807) is 37.2 Å². The van der Waals surface area contributed by atoms with E-state index in [-0.39, 0.29) is 5.91 Å². The monoisotopic (exact) mass is 218 g/mol. The Morgan fingerprint density at radius 1 is 1.56 bits per heavy atom. The Labute approximate surface area is 94.7 Å². The normalized spacial score (nSPS) is 9.31. The Balaban J connectivity index is 2.43. The number of rotatable bonds is 4. The number of amides is 1. The molecule has 1 aromatic heterocycles.